The quantitative estimate of drug-likeness (QED) is 0.439. The lowest BCUT2D eigenvalue weighted by molar-refractivity contribution is -0.123. The average molecular weight is 563 g/mol. The van der Waals surface area contributed by atoms with Crippen LogP contribution in [-0.4, -0.2) is 86.0 Å². The number of amides is 2. The van der Waals surface area contributed by atoms with E-state index in [1.165, 1.54) is 6.42 Å². The lowest BCUT2D eigenvalue weighted by atomic mass is 9.87. The number of hydrogen-bond donors (Lipinski definition) is 0. The topological polar surface area (TPSA) is 56.3 Å². The fourth-order valence-electron chi connectivity index (χ4n) is 6.15. The predicted octanol–water partition coefficient (Wildman–Crippen LogP) is 5.61. The van der Waals surface area contributed by atoms with Crippen LogP contribution in [0.1, 0.15) is 73.9 Å². The van der Waals surface area contributed by atoms with Crippen LogP contribution >= 0.6 is 0 Å². The summed E-state index contributed by atoms with van der Waals surface area (Å²) in [5, 5.41) is 0. The number of nitrogens with zero attached hydrogens (tertiary/aromatic N) is 4. The van der Waals surface area contributed by atoms with E-state index in [-0.39, 0.29) is 17.7 Å². The summed E-state index contributed by atoms with van der Waals surface area (Å²) in [4.78, 5) is 36.7. The van der Waals surface area contributed by atoms with Gasteiger partial charge in [-0.2, -0.15) is 0 Å². The van der Waals surface area contributed by atoms with Gasteiger partial charge in [-0.15, -0.1) is 0 Å². The zero-order valence-corrected chi connectivity index (χ0v) is 25.9. The number of aryl methyl sites for hydroxylation is 1. The van der Waals surface area contributed by atoms with E-state index in [0.717, 1.165) is 68.6 Å². The summed E-state index contributed by atoms with van der Waals surface area (Å²) in [5.74, 6) is 1.05. The molecule has 2 aromatic rings. The van der Waals surface area contributed by atoms with E-state index in [9.17, 15) is 9.59 Å². The van der Waals surface area contributed by atoms with Gasteiger partial charge in [-0.3, -0.25) is 14.5 Å². The number of rotatable bonds is 7. The van der Waals surface area contributed by atoms with Crippen molar-refractivity contribution < 1.29 is 14.3 Å². The Bertz CT molecular complexity index is 1160. The third-order valence-corrected chi connectivity index (χ3v) is 8.56. The Morgan fingerprint density at radius 3 is 2.44 bits per heavy atom. The summed E-state index contributed by atoms with van der Waals surface area (Å²) in [6.07, 6.45) is 6.35. The van der Waals surface area contributed by atoms with Gasteiger partial charge < -0.3 is 19.4 Å². The molecule has 7 heteroatoms. The standard InChI is InChI=1S/C34H50N4O3/c1-26(2)36-18-11-19-38(34(40)28-13-7-6-8-14-28)32-27(3)12-9-16-30(32)25-37(21-20-36)33(39)29-15-10-17-31(24-29)41-23-22-35(4)5/h9-10,12,15-17,24,26,28H,6-8,11,13-14,18-23,25H2,1-5H3. The van der Waals surface area contributed by atoms with Crippen LogP contribution in [0.2, 0.25) is 0 Å². The van der Waals surface area contributed by atoms with Gasteiger partial charge in [0.2, 0.25) is 5.91 Å². The fraction of sp³-hybridized carbons (Fsp3) is 0.588. The molecule has 0 saturated heterocycles. The van der Waals surface area contributed by atoms with Crippen LogP contribution < -0.4 is 9.64 Å². The van der Waals surface area contributed by atoms with Gasteiger partial charge in [-0.25, -0.2) is 0 Å². The molecule has 1 saturated carbocycles. The van der Waals surface area contributed by atoms with Crippen LogP contribution in [0.5, 0.6) is 5.75 Å². The van der Waals surface area contributed by atoms with E-state index in [1.54, 1.807) is 0 Å². The van der Waals surface area contributed by atoms with Crippen molar-refractivity contribution in [1.82, 2.24) is 14.7 Å². The number of ether oxygens (including phenoxy) is 1. The minimum atomic E-state index is -0.0105. The Hall–Kier alpha value is -2.90. The highest BCUT2D eigenvalue weighted by molar-refractivity contribution is 5.97. The molecule has 7 nitrogen and oxygen atoms in total. The van der Waals surface area contributed by atoms with Crippen molar-refractivity contribution in [2.75, 3.05) is 58.3 Å². The minimum absolute atomic E-state index is 0.0105. The number of anilines is 1. The summed E-state index contributed by atoms with van der Waals surface area (Å²) in [5.41, 5.74) is 3.76. The summed E-state index contributed by atoms with van der Waals surface area (Å²) in [6, 6.07) is 14.2. The van der Waals surface area contributed by atoms with Gasteiger partial charge in [-0.05, 0) is 83.5 Å². The number of para-hydroxylation sites is 1. The van der Waals surface area contributed by atoms with Gasteiger partial charge in [0, 0.05) is 56.8 Å². The number of carbonyl (C=O) groups excluding carboxylic acids is 2. The molecule has 1 aliphatic carbocycles. The summed E-state index contributed by atoms with van der Waals surface area (Å²) in [6.45, 7) is 11.4. The van der Waals surface area contributed by atoms with Gasteiger partial charge >= 0.3 is 0 Å². The maximum atomic E-state index is 14.1. The maximum absolute atomic E-state index is 14.1. The van der Waals surface area contributed by atoms with E-state index in [4.69, 9.17) is 4.74 Å². The highest BCUT2D eigenvalue weighted by Crippen LogP contribution is 2.33. The highest BCUT2D eigenvalue weighted by atomic mass is 16.5. The number of likely N-dealkylation sites (N-methyl/N-ethyl adjacent to an activating group) is 1. The fourth-order valence-corrected chi connectivity index (χ4v) is 6.15. The van der Waals surface area contributed by atoms with Crippen LogP contribution in [0.15, 0.2) is 42.5 Å². The predicted molar refractivity (Wildman–Crippen MR) is 167 cm³/mol. The van der Waals surface area contributed by atoms with E-state index in [1.807, 2.05) is 43.3 Å². The molecule has 2 aliphatic rings. The van der Waals surface area contributed by atoms with Crippen LogP contribution in [0, 0.1) is 12.8 Å². The molecular weight excluding hydrogens is 512 g/mol. The first-order valence-corrected chi connectivity index (χ1v) is 15.6. The SMILES string of the molecule is Cc1cccc2c1N(C(=O)C1CCCCC1)CCCN(C(C)C)CCN(C(=O)c1cccc(OCCN(C)C)c1)C2. The minimum Gasteiger partial charge on any atom is -0.492 e. The molecule has 2 aromatic carbocycles. The van der Waals surface area contributed by atoms with Gasteiger partial charge in [0.1, 0.15) is 12.4 Å². The van der Waals surface area contributed by atoms with Crippen molar-refractivity contribution in [3.8, 4) is 5.75 Å². The van der Waals surface area contributed by atoms with Gasteiger partial charge in [0.25, 0.3) is 5.91 Å². The number of fused-ring (bicyclic) bond motifs is 1. The molecule has 0 N–H and O–H groups in total. The number of carbonyl (C=O) groups is 2. The molecule has 0 aromatic heterocycles. The van der Waals surface area contributed by atoms with Crippen LogP contribution in [0.25, 0.3) is 0 Å². The zero-order chi connectivity index (χ0) is 29.4. The van der Waals surface area contributed by atoms with Crippen molar-refractivity contribution in [3.05, 3.63) is 59.2 Å². The number of hydrogen-bond acceptors (Lipinski definition) is 5. The molecule has 0 spiro atoms. The largest absolute Gasteiger partial charge is 0.492 e. The molecule has 1 aliphatic heterocycles. The third-order valence-electron chi connectivity index (χ3n) is 8.56. The second-order valence-corrected chi connectivity index (χ2v) is 12.3. The molecule has 4 rings (SSSR count). The summed E-state index contributed by atoms with van der Waals surface area (Å²) < 4.78 is 5.95. The van der Waals surface area contributed by atoms with E-state index in [2.05, 4.69) is 53.7 Å². The van der Waals surface area contributed by atoms with E-state index in [0.29, 0.717) is 43.6 Å². The first kappa shape index (κ1) is 31.0. The lowest BCUT2D eigenvalue weighted by Gasteiger charge is -2.33. The molecule has 2 amide bonds. The molecule has 0 radical (unpaired) electrons. The molecular formula is C34H50N4O3. The van der Waals surface area contributed by atoms with Crippen molar-refractivity contribution in [2.24, 2.45) is 5.92 Å². The van der Waals surface area contributed by atoms with Gasteiger partial charge in [-0.1, -0.05) is 43.5 Å². The second kappa shape index (κ2) is 14.8. The zero-order valence-electron chi connectivity index (χ0n) is 25.9. The van der Waals surface area contributed by atoms with Crippen LogP contribution in [0.4, 0.5) is 5.69 Å². The highest BCUT2D eigenvalue weighted by Gasteiger charge is 2.30. The van der Waals surface area contributed by atoms with Crippen molar-refractivity contribution in [2.45, 2.75) is 71.9 Å². The summed E-state index contributed by atoms with van der Waals surface area (Å²) in [7, 11) is 4.03. The third kappa shape index (κ3) is 8.32. The normalized spacial score (nSPS) is 17.8. The van der Waals surface area contributed by atoms with Gasteiger partial charge in [0.05, 0.1) is 5.69 Å². The Labute approximate surface area is 247 Å². The monoisotopic (exact) mass is 562 g/mol. The molecule has 1 fully saturated rings. The van der Waals surface area contributed by atoms with E-state index >= 15 is 0 Å². The number of benzene rings is 2. The summed E-state index contributed by atoms with van der Waals surface area (Å²) >= 11 is 0. The Morgan fingerprint density at radius 1 is 0.951 bits per heavy atom. The molecule has 0 unspecified atom stereocenters. The molecule has 1 heterocycles. The maximum Gasteiger partial charge on any atom is 0.254 e. The molecule has 41 heavy (non-hydrogen) atoms. The van der Waals surface area contributed by atoms with Crippen LogP contribution in [0.3, 0.4) is 0 Å². The first-order chi connectivity index (χ1) is 19.7. The molecule has 224 valence electrons. The Kier molecular flexibility index (Phi) is 11.2. The van der Waals surface area contributed by atoms with Crippen molar-refractivity contribution >= 4 is 17.5 Å². The van der Waals surface area contributed by atoms with Gasteiger partial charge in [0.15, 0.2) is 0 Å². The Balaban J connectivity index is 1.67. The van der Waals surface area contributed by atoms with Crippen molar-refractivity contribution in [1.29, 1.82) is 0 Å². The van der Waals surface area contributed by atoms with Crippen molar-refractivity contribution in [3.63, 3.8) is 0 Å². The average Bonchev–Trinajstić information content (AvgIpc) is 3.00. The molecule has 0 bridgehead atoms. The smallest absolute Gasteiger partial charge is 0.254 e. The Morgan fingerprint density at radius 2 is 1.71 bits per heavy atom. The molecule has 0 atom stereocenters. The van der Waals surface area contributed by atoms with Crippen LogP contribution in [-0.2, 0) is 11.3 Å². The van der Waals surface area contributed by atoms with E-state index < -0.39 is 0 Å². The first-order valence-electron chi connectivity index (χ1n) is 15.6. The lowest BCUT2D eigenvalue weighted by Crippen LogP contribution is -2.41. The second-order valence-electron chi connectivity index (χ2n) is 12.3.